The summed E-state index contributed by atoms with van der Waals surface area (Å²) in [5.41, 5.74) is 0. The molecule has 0 atom stereocenters. The summed E-state index contributed by atoms with van der Waals surface area (Å²) >= 11 is 0. The van der Waals surface area contributed by atoms with Crippen molar-refractivity contribution in [3.8, 4) is 0 Å². The highest BCUT2D eigenvalue weighted by Gasteiger charge is 2.08. The van der Waals surface area contributed by atoms with Crippen molar-refractivity contribution in [1.82, 2.24) is 9.80 Å². The summed E-state index contributed by atoms with van der Waals surface area (Å²) in [4.78, 5) is 14.0. The van der Waals surface area contributed by atoms with Crippen molar-refractivity contribution in [2.24, 2.45) is 0 Å². The van der Waals surface area contributed by atoms with Crippen molar-refractivity contribution in [2.45, 2.75) is 13.8 Å². The average Bonchev–Trinajstić information content (AvgIpc) is 2.78. The van der Waals surface area contributed by atoms with Gasteiger partial charge in [-0.1, -0.05) is 0 Å². The van der Waals surface area contributed by atoms with E-state index >= 15 is 0 Å². The van der Waals surface area contributed by atoms with Crippen molar-refractivity contribution in [2.75, 3.05) is 46.7 Å². The van der Waals surface area contributed by atoms with E-state index in [-0.39, 0.29) is 6.61 Å². The van der Waals surface area contributed by atoms with Gasteiger partial charge in [-0.2, -0.15) is 0 Å². The number of hydrogen-bond acceptors (Lipinski definition) is 5. The van der Waals surface area contributed by atoms with E-state index in [1.54, 1.807) is 0 Å². The van der Waals surface area contributed by atoms with E-state index in [9.17, 15) is 4.79 Å². The molecule has 0 aliphatic carbocycles. The third-order valence-corrected chi connectivity index (χ3v) is 2.25. The minimum absolute atomic E-state index is 0.208. The van der Waals surface area contributed by atoms with Crippen LogP contribution in [0.3, 0.4) is 0 Å². The Morgan fingerprint density at radius 3 is 2.39 bits per heavy atom. The van der Waals surface area contributed by atoms with Crippen LogP contribution in [-0.2, 0) is 14.3 Å². The molecule has 0 aromatic carbocycles. The fourth-order valence-corrected chi connectivity index (χ4v) is 1.32. The maximum Gasteiger partial charge on any atom is 0.329 e. The van der Waals surface area contributed by atoms with Gasteiger partial charge in [-0.15, -0.1) is 0 Å². The third kappa shape index (κ3) is 8.83. The molecule has 18 heavy (non-hydrogen) atoms. The highest BCUT2D eigenvalue weighted by atomic mass is 16.5. The lowest BCUT2D eigenvalue weighted by molar-refractivity contribution is -0.141. The van der Waals surface area contributed by atoms with Crippen molar-refractivity contribution >= 4 is 5.97 Å². The second-order valence-electron chi connectivity index (χ2n) is 3.68. The molecule has 0 aromatic heterocycles. The molecule has 1 aliphatic heterocycles. The summed E-state index contributed by atoms with van der Waals surface area (Å²) in [6.07, 6.45) is 4.26. The van der Waals surface area contributed by atoms with Gasteiger partial charge in [0.15, 0.2) is 0 Å². The number of aliphatic carboxylic acids is 1. The normalized spacial score (nSPS) is 13.5. The van der Waals surface area contributed by atoms with Gasteiger partial charge in [-0.3, -0.25) is 0 Å². The fraction of sp³-hybridized carbons (Fsp3) is 0.750. The first-order valence-corrected chi connectivity index (χ1v) is 6.08. The Labute approximate surface area is 109 Å². The topological polar surface area (TPSA) is 62.2 Å². The molecule has 6 nitrogen and oxygen atoms in total. The Hall–Kier alpha value is -1.27. The molecule has 0 spiro atoms. The standard InChI is InChI=1S/C9H18N2O.C3H6O3/c1-3-10-5-6-11(9-10)7-8-12-4-2;1-6-2-3(4)5/h5-6H,3-4,7-9H2,1-2H3;2H2,1H3,(H,4,5). The van der Waals surface area contributed by atoms with Gasteiger partial charge < -0.3 is 24.4 Å². The first-order chi connectivity index (χ1) is 8.63. The number of carbonyl (C=O) groups is 1. The summed E-state index contributed by atoms with van der Waals surface area (Å²) in [6.45, 7) is 8.73. The second kappa shape index (κ2) is 10.9. The molecule has 1 N–H and O–H groups in total. The van der Waals surface area contributed by atoms with Crippen LogP contribution in [0.1, 0.15) is 13.8 Å². The molecule has 106 valence electrons. The average molecular weight is 260 g/mol. The first kappa shape index (κ1) is 16.7. The molecule has 0 aromatic rings. The predicted molar refractivity (Wildman–Crippen MR) is 69.1 cm³/mol. The van der Waals surface area contributed by atoms with Gasteiger partial charge in [0.2, 0.25) is 0 Å². The van der Waals surface area contributed by atoms with Gasteiger partial charge in [0.1, 0.15) is 6.61 Å². The van der Waals surface area contributed by atoms with Crippen molar-refractivity contribution in [3.05, 3.63) is 12.4 Å². The molecule has 0 amide bonds. The van der Waals surface area contributed by atoms with Crippen LogP contribution in [0.4, 0.5) is 0 Å². The highest BCUT2D eigenvalue weighted by Crippen LogP contribution is 2.04. The molecule has 0 bridgehead atoms. The largest absolute Gasteiger partial charge is 0.480 e. The molecule has 0 fully saturated rings. The molecular weight excluding hydrogens is 236 g/mol. The Balaban J connectivity index is 0.000000411. The van der Waals surface area contributed by atoms with Gasteiger partial charge in [0.05, 0.1) is 13.3 Å². The lowest BCUT2D eigenvalue weighted by Gasteiger charge is -2.19. The molecule has 0 radical (unpaired) electrons. The SMILES string of the molecule is CCOCCN1C=CN(CC)C1.COCC(=O)O. The number of methoxy groups -OCH3 is 1. The number of carboxylic acids is 1. The van der Waals surface area contributed by atoms with Gasteiger partial charge in [-0.05, 0) is 13.8 Å². The van der Waals surface area contributed by atoms with Crippen LogP contribution in [-0.4, -0.2) is 67.6 Å². The van der Waals surface area contributed by atoms with Crippen molar-refractivity contribution in [3.63, 3.8) is 0 Å². The molecule has 1 rings (SSSR count). The highest BCUT2D eigenvalue weighted by molar-refractivity contribution is 5.67. The summed E-state index contributed by atoms with van der Waals surface area (Å²) < 4.78 is 9.47. The second-order valence-corrected chi connectivity index (χ2v) is 3.68. The Morgan fingerprint density at radius 1 is 1.33 bits per heavy atom. The van der Waals surface area contributed by atoms with Crippen LogP contribution in [0.2, 0.25) is 0 Å². The van der Waals surface area contributed by atoms with Crippen LogP contribution in [0.5, 0.6) is 0 Å². The number of rotatable bonds is 7. The van der Waals surface area contributed by atoms with Crippen molar-refractivity contribution in [1.29, 1.82) is 0 Å². The van der Waals surface area contributed by atoms with E-state index < -0.39 is 5.97 Å². The smallest absolute Gasteiger partial charge is 0.329 e. The summed E-state index contributed by atoms with van der Waals surface area (Å²) in [6, 6.07) is 0. The minimum atomic E-state index is -0.933. The fourth-order valence-electron chi connectivity index (χ4n) is 1.32. The maximum atomic E-state index is 9.47. The van der Waals surface area contributed by atoms with Crippen LogP contribution >= 0.6 is 0 Å². The predicted octanol–water partition coefficient (Wildman–Crippen LogP) is 0.807. The van der Waals surface area contributed by atoms with Gasteiger partial charge in [0.25, 0.3) is 0 Å². The van der Waals surface area contributed by atoms with Crippen LogP contribution in [0.25, 0.3) is 0 Å². The summed E-state index contributed by atoms with van der Waals surface area (Å²) in [5.74, 6) is -0.933. The lowest BCUT2D eigenvalue weighted by atomic mass is 10.6. The molecule has 1 aliphatic rings. The Bertz CT molecular complexity index is 246. The lowest BCUT2D eigenvalue weighted by Crippen LogP contribution is -2.27. The van der Waals surface area contributed by atoms with E-state index in [0.717, 1.165) is 33.0 Å². The molecule has 0 saturated carbocycles. The minimum Gasteiger partial charge on any atom is -0.480 e. The maximum absolute atomic E-state index is 9.47. The van der Waals surface area contributed by atoms with E-state index in [0.29, 0.717) is 0 Å². The number of hydrogen-bond donors (Lipinski definition) is 1. The number of ether oxygens (including phenoxy) is 2. The van der Waals surface area contributed by atoms with E-state index in [2.05, 4.69) is 33.9 Å². The molecule has 0 unspecified atom stereocenters. The van der Waals surface area contributed by atoms with Crippen LogP contribution < -0.4 is 0 Å². The summed E-state index contributed by atoms with van der Waals surface area (Å²) in [5, 5.41) is 7.79. The Kier molecular flexibility index (Phi) is 10.1. The van der Waals surface area contributed by atoms with E-state index in [4.69, 9.17) is 9.84 Å². The Morgan fingerprint density at radius 2 is 2.00 bits per heavy atom. The molecule has 0 saturated heterocycles. The van der Waals surface area contributed by atoms with Gasteiger partial charge >= 0.3 is 5.97 Å². The zero-order valence-electron chi connectivity index (χ0n) is 11.5. The quantitative estimate of drug-likeness (QED) is 0.683. The van der Waals surface area contributed by atoms with Crippen LogP contribution in [0.15, 0.2) is 12.4 Å². The van der Waals surface area contributed by atoms with Gasteiger partial charge in [-0.25, -0.2) is 4.79 Å². The molecule has 1 heterocycles. The first-order valence-electron chi connectivity index (χ1n) is 6.08. The number of carboxylic acid groups (broad SMARTS) is 1. The van der Waals surface area contributed by atoms with Gasteiger partial charge in [0, 0.05) is 39.2 Å². The van der Waals surface area contributed by atoms with E-state index in [1.807, 2.05) is 6.92 Å². The van der Waals surface area contributed by atoms with E-state index in [1.165, 1.54) is 7.11 Å². The zero-order chi connectivity index (χ0) is 13.8. The monoisotopic (exact) mass is 260 g/mol. The molecule has 6 heteroatoms. The van der Waals surface area contributed by atoms with Crippen LogP contribution in [0, 0.1) is 0 Å². The summed E-state index contributed by atoms with van der Waals surface area (Å²) in [7, 11) is 1.34. The zero-order valence-corrected chi connectivity index (χ0v) is 11.5. The van der Waals surface area contributed by atoms with Crippen molar-refractivity contribution < 1.29 is 19.4 Å². The number of nitrogens with zero attached hydrogens (tertiary/aromatic N) is 2. The third-order valence-electron chi connectivity index (χ3n) is 2.25. The molecular formula is C12H24N2O4.